The van der Waals surface area contributed by atoms with Crippen molar-refractivity contribution in [2.24, 2.45) is 0 Å². The number of nitrogens with one attached hydrogen (secondary N) is 1. The van der Waals surface area contributed by atoms with Crippen molar-refractivity contribution in [3.63, 3.8) is 0 Å². The van der Waals surface area contributed by atoms with Crippen molar-refractivity contribution in [1.29, 1.82) is 0 Å². The molecular weight excluding hydrogens is 297 g/mol. The Bertz CT molecular complexity index is 786. The summed E-state index contributed by atoms with van der Waals surface area (Å²) in [4.78, 5) is 20.5. The lowest BCUT2D eigenvalue weighted by Gasteiger charge is -2.08. The minimum absolute atomic E-state index is 0.166. The van der Waals surface area contributed by atoms with Gasteiger partial charge >= 0.3 is 0 Å². The highest BCUT2D eigenvalue weighted by Crippen LogP contribution is 2.19. The van der Waals surface area contributed by atoms with E-state index in [0.717, 1.165) is 11.1 Å². The normalized spacial score (nSPS) is 10.5. The van der Waals surface area contributed by atoms with E-state index < -0.39 is 0 Å². The third-order valence-corrected chi connectivity index (χ3v) is 3.30. The Morgan fingerprint density at radius 2 is 1.91 bits per heavy atom. The summed E-state index contributed by atoms with van der Waals surface area (Å²) in [6.07, 6.45) is 6.48. The smallest absolute Gasteiger partial charge is 0.224 e. The van der Waals surface area contributed by atoms with Crippen LogP contribution < -0.4 is 5.32 Å². The lowest BCUT2D eigenvalue weighted by atomic mass is 10.1. The third kappa shape index (κ3) is 3.79. The molecule has 1 aromatic carbocycles. The number of amides is 1. The van der Waals surface area contributed by atoms with Crippen LogP contribution in [0.5, 0.6) is 0 Å². The first-order valence-corrected chi connectivity index (χ1v) is 7.06. The number of hydrogen-bond acceptors (Lipinski definition) is 4. The van der Waals surface area contributed by atoms with Crippen LogP contribution in [0.2, 0.25) is 0 Å². The van der Waals surface area contributed by atoms with Crippen molar-refractivity contribution >= 4 is 5.91 Å². The average molecular weight is 311 g/mol. The lowest BCUT2D eigenvalue weighted by Crippen LogP contribution is -2.25. The maximum Gasteiger partial charge on any atom is 0.224 e. The van der Waals surface area contributed by atoms with Crippen molar-refractivity contribution in [2.75, 3.05) is 0 Å². The van der Waals surface area contributed by atoms with Crippen LogP contribution in [0, 0.1) is 5.82 Å². The fourth-order valence-corrected chi connectivity index (χ4v) is 2.17. The summed E-state index contributed by atoms with van der Waals surface area (Å²) in [6, 6.07) is 7.64. The largest absolute Gasteiger partial charge is 0.472 e. The predicted octanol–water partition coefficient (Wildman–Crippen LogP) is 2.73. The number of halogens is 1. The van der Waals surface area contributed by atoms with Crippen LogP contribution in [-0.2, 0) is 17.8 Å². The fourth-order valence-electron chi connectivity index (χ4n) is 2.17. The Kier molecular flexibility index (Phi) is 4.42. The molecule has 0 aliphatic rings. The second-order valence-corrected chi connectivity index (χ2v) is 4.94. The zero-order valence-electron chi connectivity index (χ0n) is 12.2. The molecule has 5 nitrogen and oxygen atoms in total. The Labute approximate surface area is 132 Å². The molecule has 0 saturated heterocycles. The number of nitrogens with zero attached hydrogens (tertiary/aromatic N) is 2. The number of aromatic nitrogens is 2. The third-order valence-electron chi connectivity index (χ3n) is 3.30. The van der Waals surface area contributed by atoms with Crippen molar-refractivity contribution in [2.45, 2.75) is 13.0 Å². The van der Waals surface area contributed by atoms with Crippen LogP contribution in [0.25, 0.3) is 11.3 Å². The van der Waals surface area contributed by atoms with Crippen LogP contribution in [0.1, 0.15) is 11.3 Å². The van der Waals surface area contributed by atoms with E-state index in [4.69, 9.17) is 4.42 Å². The van der Waals surface area contributed by atoms with Gasteiger partial charge in [0.1, 0.15) is 5.82 Å². The number of carbonyl (C=O) groups excluding carboxylic acids is 1. The maximum atomic E-state index is 12.8. The number of hydrogen-bond donors (Lipinski definition) is 1. The van der Waals surface area contributed by atoms with E-state index in [0.29, 0.717) is 11.4 Å². The van der Waals surface area contributed by atoms with Gasteiger partial charge in [0, 0.05) is 18.0 Å². The molecule has 0 radical (unpaired) electrons. The molecule has 1 amide bonds. The van der Waals surface area contributed by atoms with E-state index in [1.165, 1.54) is 12.1 Å². The molecule has 23 heavy (non-hydrogen) atoms. The zero-order valence-corrected chi connectivity index (χ0v) is 12.2. The van der Waals surface area contributed by atoms with Gasteiger partial charge < -0.3 is 9.73 Å². The Balaban J connectivity index is 1.64. The highest BCUT2D eigenvalue weighted by molar-refractivity contribution is 5.78. The maximum absolute atomic E-state index is 12.8. The molecule has 0 unspecified atom stereocenters. The highest BCUT2D eigenvalue weighted by Gasteiger charge is 2.10. The zero-order chi connectivity index (χ0) is 16.1. The molecule has 3 aromatic rings. The van der Waals surface area contributed by atoms with E-state index in [9.17, 15) is 9.18 Å². The standard InChI is InChI=1S/C17H14FN3O2/c18-14-3-1-12(2-4-14)9-16(22)21-10-15-17(20-7-6-19-15)13-5-8-23-11-13/h1-8,11H,9-10H2,(H,21,22). The van der Waals surface area contributed by atoms with E-state index in [-0.39, 0.29) is 24.7 Å². The molecule has 0 aliphatic heterocycles. The van der Waals surface area contributed by atoms with E-state index in [1.807, 2.05) is 0 Å². The van der Waals surface area contributed by atoms with Crippen LogP contribution in [0.4, 0.5) is 4.39 Å². The molecule has 116 valence electrons. The molecule has 1 N–H and O–H groups in total. The Morgan fingerprint density at radius 3 is 2.65 bits per heavy atom. The Hall–Kier alpha value is -3.02. The molecule has 3 rings (SSSR count). The van der Waals surface area contributed by atoms with Gasteiger partial charge in [-0.15, -0.1) is 0 Å². The quantitative estimate of drug-likeness (QED) is 0.786. The molecule has 0 bridgehead atoms. The SMILES string of the molecule is O=C(Cc1ccc(F)cc1)NCc1nccnc1-c1ccoc1. The minimum atomic E-state index is -0.321. The van der Waals surface area contributed by atoms with Crippen LogP contribution in [0.3, 0.4) is 0 Å². The van der Waals surface area contributed by atoms with Gasteiger partial charge in [0.15, 0.2) is 0 Å². The van der Waals surface area contributed by atoms with Crippen LogP contribution in [0.15, 0.2) is 59.7 Å². The first kappa shape index (κ1) is 14.9. The van der Waals surface area contributed by atoms with Crippen molar-refractivity contribution in [3.05, 3.63) is 72.3 Å². The van der Waals surface area contributed by atoms with Crippen LogP contribution >= 0.6 is 0 Å². The predicted molar refractivity (Wildman–Crippen MR) is 81.7 cm³/mol. The van der Waals surface area contributed by atoms with E-state index >= 15 is 0 Å². The molecule has 6 heteroatoms. The van der Waals surface area contributed by atoms with Gasteiger partial charge in [0.05, 0.1) is 36.9 Å². The molecule has 0 spiro atoms. The van der Waals surface area contributed by atoms with E-state index in [1.54, 1.807) is 43.1 Å². The number of carbonyl (C=O) groups is 1. The summed E-state index contributed by atoms with van der Waals surface area (Å²) in [5.74, 6) is -0.487. The number of benzene rings is 1. The Morgan fingerprint density at radius 1 is 1.13 bits per heavy atom. The fraction of sp³-hybridized carbons (Fsp3) is 0.118. The first-order valence-electron chi connectivity index (χ1n) is 7.06. The van der Waals surface area contributed by atoms with Gasteiger partial charge in [-0.25, -0.2) is 4.39 Å². The van der Waals surface area contributed by atoms with Gasteiger partial charge in [-0.05, 0) is 23.8 Å². The second-order valence-electron chi connectivity index (χ2n) is 4.94. The minimum Gasteiger partial charge on any atom is -0.472 e. The molecule has 0 fully saturated rings. The molecule has 0 atom stereocenters. The van der Waals surface area contributed by atoms with Gasteiger partial charge in [-0.2, -0.15) is 0 Å². The molecule has 2 aromatic heterocycles. The summed E-state index contributed by atoms with van der Waals surface area (Å²) < 4.78 is 17.9. The number of rotatable bonds is 5. The van der Waals surface area contributed by atoms with Gasteiger partial charge in [0.25, 0.3) is 0 Å². The highest BCUT2D eigenvalue weighted by atomic mass is 19.1. The monoisotopic (exact) mass is 311 g/mol. The summed E-state index contributed by atoms with van der Waals surface area (Å²) in [6.45, 7) is 0.258. The van der Waals surface area contributed by atoms with Crippen molar-refractivity contribution in [3.8, 4) is 11.3 Å². The summed E-state index contributed by atoms with van der Waals surface area (Å²) in [5, 5.41) is 2.80. The molecule has 2 heterocycles. The van der Waals surface area contributed by atoms with Crippen molar-refractivity contribution in [1.82, 2.24) is 15.3 Å². The topological polar surface area (TPSA) is 68.0 Å². The molecular formula is C17H14FN3O2. The average Bonchev–Trinajstić information content (AvgIpc) is 3.10. The van der Waals surface area contributed by atoms with Gasteiger partial charge in [-0.3, -0.25) is 14.8 Å². The van der Waals surface area contributed by atoms with E-state index in [2.05, 4.69) is 15.3 Å². The molecule has 0 saturated carbocycles. The summed E-state index contributed by atoms with van der Waals surface area (Å²) in [5.41, 5.74) is 2.88. The first-order chi connectivity index (χ1) is 11.2. The molecule has 0 aliphatic carbocycles. The summed E-state index contributed by atoms with van der Waals surface area (Å²) in [7, 11) is 0. The lowest BCUT2D eigenvalue weighted by molar-refractivity contribution is -0.120. The van der Waals surface area contributed by atoms with Crippen molar-refractivity contribution < 1.29 is 13.6 Å². The van der Waals surface area contributed by atoms with Gasteiger partial charge in [-0.1, -0.05) is 12.1 Å². The summed E-state index contributed by atoms with van der Waals surface area (Å²) >= 11 is 0. The van der Waals surface area contributed by atoms with Gasteiger partial charge in [0.2, 0.25) is 5.91 Å². The van der Waals surface area contributed by atoms with Crippen LogP contribution in [-0.4, -0.2) is 15.9 Å². The second kappa shape index (κ2) is 6.83. The number of furan rings is 1.